The van der Waals surface area contributed by atoms with Crippen molar-refractivity contribution in [3.63, 3.8) is 0 Å². The van der Waals surface area contributed by atoms with Crippen molar-refractivity contribution in [2.75, 3.05) is 26.2 Å². The van der Waals surface area contributed by atoms with Crippen molar-refractivity contribution in [3.8, 4) is 6.07 Å². The summed E-state index contributed by atoms with van der Waals surface area (Å²) >= 11 is 0. The standard InChI is InChI=1S/C15H19FN4O/c1-2-4-12(11-17)19-7-9-20(10-8-19)15(21)13-5-3-6-18-14(13)16/h3,5-6,12H,2,4,7-10H2,1H3. The average molecular weight is 290 g/mol. The van der Waals surface area contributed by atoms with E-state index in [1.807, 2.05) is 0 Å². The molecule has 0 aliphatic carbocycles. The summed E-state index contributed by atoms with van der Waals surface area (Å²) in [5, 5.41) is 9.17. The fourth-order valence-corrected chi connectivity index (χ4v) is 2.55. The molecule has 0 radical (unpaired) electrons. The van der Waals surface area contributed by atoms with E-state index < -0.39 is 5.95 Å². The van der Waals surface area contributed by atoms with Crippen molar-refractivity contribution in [2.24, 2.45) is 0 Å². The molecule has 0 N–H and O–H groups in total. The Labute approximate surface area is 124 Å². The van der Waals surface area contributed by atoms with Crippen LogP contribution < -0.4 is 0 Å². The molecule has 1 unspecified atom stereocenters. The van der Waals surface area contributed by atoms with Crippen molar-refractivity contribution >= 4 is 5.91 Å². The van der Waals surface area contributed by atoms with Gasteiger partial charge < -0.3 is 4.90 Å². The molecule has 0 saturated carbocycles. The second kappa shape index (κ2) is 7.14. The summed E-state index contributed by atoms with van der Waals surface area (Å²) in [7, 11) is 0. The first-order chi connectivity index (χ1) is 10.2. The van der Waals surface area contributed by atoms with E-state index in [2.05, 4.69) is 22.9 Å². The second-order valence-corrected chi connectivity index (χ2v) is 5.10. The minimum Gasteiger partial charge on any atom is -0.336 e. The number of nitriles is 1. The molecule has 1 saturated heterocycles. The Kier molecular flexibility index (Phi) is 5.23. The van der Waals surface area contributed by atoms with Crippen molar-refractivity contribution in [2.45, 2.75) is 25.8 Å². The van der Waals surface area contributed by atoms with Gasteiger partial charge in [-0.05, 0) is 18.6 Å². The van der Waals surface area contributed by atoms with E-state index in [0.717, 1.165) is 12.8 Å². The maximum Gasteiger partial charge on any atom is 0.258 e. The van der Waals surface area contributed by atoms with E-state index in [1.54, 1.807) is 11.0 Å². The maximum atomic E-state index is 13.5. The summed E-state index contributed by atoms with van der Waals surface area (Å²) in [5.74, 6) is -1.06. The number of hydrogen-bond donors (Lipinski definition) is 0. The molecular weight excluding hydrogens is 271 g/mol. The molecule has 1 fully saturated rings. The molecular formula is C15H19FN4O. The highest BCUT2D eigenvalue weighted by molar-refractivity contribution is 5.94. The highest BCUT2D eigenvalue weighted by Crippen LogP contribution is 2.14. The molecule has 1 aliphatic heterocycles. The van der Waals surface area contributed by atoms with Crippen LogP contribution in [0.1, 0.15) is 30.1 Å². The molecule has 1 aromatic rings. The van der Waals surface area contributed by atoms with Gasteiger partial charge in [-0.1, -0.05) is 13.3 Å². The summed E-state index contributed by atoms with van der Waals surface area (Å²) in [6, 6.07) is 5.22. The lowest BCUT2D eigenvalue weighted by Gasteiger charge is -2.36. The van der Waals surface area contributed by atoms with Gasteiger partial charge in [-0.15, -0.1) is 0 Å². The van der Waals surface area contributed by atoms with E-state index in [9.17, 15) is 9.18 Å². The Balaban J connectivity index is 1.97. The number of aromatic nitrogens is 1. The first-order valence-electron chi connectivity index (χ1n) is 7.20. The molecule has 112 valence electrons. The quantitative estimate of drug-likeness (QED) is 0.791. The third-order valence-corrected chi connectivity index (χ3v) is 3.74. The molecule has 2 rings (SSSR count). The summed E-state index contributed by atoms with van der Waals surface area (Å²) < 4.78 is 13.5. The highest BCUT2D eigenvalue weighted by atomic mass is 19.1. The Morgan fingerprint density at radius 2 is 2.19 bits per heavy atom. The van der Waals surface area contributed by atoms with Crippen molar-refractivity contribution in [1.82, 2.24) is 14.8 Å². The number of carbonyl (C=O) groups is 1. The number of amides is 1. The second-order valence-electron chi connectivity index (χ2n) is 5.10. The number of rotatable bonds is 4. The van der Waals surface area contributed by atoms with Gasteiger partial charge in [-0.2, -0.15) is 9.65 Å². The zero-order chi connectivity index (χ0) is 15.2. The molecule has 1 aromatic heterocycles. The van der Waals surface area contributed by atoms with Crippen LogP contribution in [0, 0.1) is 17.3 Å². The van der Waals surface area contributed by atoms with Crippen LogP contribution in [0.5, 0.6) is 0 Å². The van der Waals surface area contributed by atoms with Gasteiger partial charge in [0.2, 0.25) is 5.95 Å². The van der Waals surface area contributed by atoms with Gasteiger partial charge in [-0.25, -0.2) is 4.98 Å². The van der Waals surface area contributed by atoms with Crippen molar-refractivity contribution in [3.05, 3.63) is 29.8 Å². The number of pyridine rings is 1. The van der Waals surface area contributed by atoms with Gasteiger partial charge >= 0.3 is 0 Å². The van der Waals surface area contributed by atoms with Crippen molar-refractivity contribution < 1.29 is 9.18 Å². The van der Waals surface area contributed by atoms with E-state index in [1.165, 1.54) is 12.3 Å². The molecule has 6 heteroatoms. The van der Waals surface area contributed by atoms with Gasteiger partial charge in [0.05, 0.1) is 17.7 Å². The third kappa shape index (κ3) is 3.56. The number of nitrogens with zero attached hydrogens (tertiary/aromatic N) is 4. The minimum absolute atomic E-state index is 0.0105. The topological polar surface area (TPSA) is 60.2 Å². The van der Waals surface area contributed by atoms with Gasteiger partial charge in [0.25, 0.3) is 5.91 Å². The average Bonchev–Trinajstić information content (AvgIpc) is 2.52. The van der Waals surface area contributed by atoms with E-state index in [4.69, 9.17) is 5.26 Å². The lowest BCUT2D eigenvalue weighted by Crippen LogP contribution is -2.51. The van der Waals surface area contributed by atoms with E-state index in [0.29, 0.717) is 26.2 Å². The predicted molar refractivity (Wildman–Crippen MR) is 76.0 cm³/mol. The zero-order valence-electron chi connectivity index (χ0n) is 12.1. The lowest BCUT2D eigenvalue weighted by atomic mass is 10.1. The van der Waals surface area contributed by atoms with Crippen LogP contribution in [0.15, 0.2) is 18.3 Å². The molecule has 1 amide bonds. The first-order valence-corrected chi connectivity index (χ1v) is 7.20. The fourth-order valence-electron chi connectivity index (χ4n) is 2.55. The SMILES string of the molecule is CCCC(C#N)N1CCN(C(=O)c2cccnc2F)CC1. The molecule has 0 spiro atoms. The van der Waals surface area contributed by atoms with Gasteiger partial charge in [0.1, 0.15) is 0 Å². The summed E-state index contributed by atoms with van der Waals surface area (Å²) in [6.45, 7) is 4.36. The fraction of sp³-hybridized carbons (Fsp3) is 0.533. The maximum absolute atomic E-state index is 13.5. The Morgan fingerprint density at radius 1 is 1.48 bits per heavy atom. The number of hydrogen-bond acceptors (Lipinski definition) is 4. The molecule has 1 aliphatic rings. The van der Waals surface area contributed by atoms with E-state index >= 15 is 0 Å². The zero-order valence-corrected chi connectivity index (χ0v) is 12.1. The summed E-state index contributed by atoms with van der Waals surface area (Å²) in [5.41, 5.74) is 0.0105. The van der Waals surface area contributed by atoms with Crippen LogP contribution in [-0.4, -0.2) is 52.9 Å². The van der Waals surface area contributed by atoms with Crippen molar-refractivity contribution in [1.29, 1.82) is 5.26 Å². The third-order valence-electron chi connectivity index (χ3n) is 3.74. The molecule has 1 atom stereocenters. The largest absolute Gasteiger partial charge is 0.336 e. The van der Waals surface area contributed by atoms with Crippen LogP contribution in [0.2, 0.25) is 0 Å². The summed E-state index contributed by atoms with van der Waals surface area (Å²) in [4.78, 5) is 19.5. The number of carbonyl (C=O) groups excluding carboxylic acids is 1. The van der Waals surface area contributed by atoms with Crippen LogP contribution in [-0.2, 0) is 0 Å². The predicted octanol–water partition coefficient (Wildman–Crippen LogP) is 1.67. The molecule has 5 nitrogen and oxygen atoms in total. The Bertz CT molecular complexity index is 535. The van der Waals surface area contributed by atoms with E-state index in [-0.39, 0.29) is 17.5 Å². The number of halogens is 1. The monoisotopic (exact) mass is 290 g/mol. The first kappa shape index (κ1) is 15.4. The lowest BCUT2D eigenvalue weighted by molar-refractivity contribution is 0.0596. The highest BCUT2D eigenvalue weighted by Gasteiger charge is 2.27. The van der Waals surface area contributed by atoms with Crippen LogP contribution in [0.4, 0.5) is 4.39 Å². The van der Waals surface area contributed by atoms with Gasteiger partial charge in [0, 0.05) is 32.4 Å². The molecule has 21 heavy (non-hydrogen) atoms. The Morgan fingerprint density at radius 3 is 2.76 bits per heavy atom. The normalized spacial score (nSPS) is 17.3. The molecule has 0 aromatic carbocycles. The van der Waals surface area contributed by atoms with Crippen LogP contribution >= 0.6 is 0 Å². The molecule has 2 heterocycles. The number of piperazine rings is 1. The smallest absolute Gasteiger partial charge is 0.258 e. The van der Waals surface area contributed by atoms with Crippen LogP contribution in [0.25, 0.3) is 0 Å². The summed E-state index contributed by atoms with van der Waals surface area (Å²) in [6.07, 6.45) is 3.12. The minimum atomic E-state index is -0.731. The van der Waals surface area contributed by atoms with Gasteiger partial charge in [-0.3, -0.25) is 9.69 Å². The Hall–Kier alpha value is -2.00. The van der Waals surface area contributed by atoms with Gasteiger partial charge in [0.15, 0.2) is 0 Å². The molecule has 0 bridgehead atoms. The van der Waals surface area contributed by atoms with Crippen LogP contribution in [0.3, 0.4) is 0 Å².